The summed E-state index contributed by atoms with van der Waals surface area (Å²) in [5, 5.41) is 0. The molecule has 0 nitrogen and oxygen atoms in total. The molecule has 3 radical (unpaired) electrons. The van der Waals surface area contributed by atoms with E-state index in [1.54, 1.807) is 0 Å². The zero-order valence-corrected chi connectivity index (χ0v) is 13.9. The second-order valence-corrected chi connectivity index (χ2v) is 0. The van der Waals surface area contributed by atoms with Crippen LogP contribution in [0.2, 0.25) is 0 Å². The van der Waals surface area contributed by atoms with Crippen molar-refractivity contribution in [1.82, 2.24) is 0 Å². The van der Waals surface area contributed by atoms with Gasteiger partial charge in [-0.2, -0.15) is 0 Å². The molecule has 0 aromatic rings. The van der Waals surface area contributed by atoms with Crippen molar-refractivity contribution in [3.8, 4) is 0 Å². The second kappa shape index (κ2) is 15.7. The first-order chi connectivity index (χ1) is 0. The molecular formula is La3Ni. The predicted octanol–water partition coefficient (Wildman–Crippen LogP) is -0.00250. The zero-order valence-electron chi connectivity index (χ0n) is 2.05. The third-order valence-electron chi connectivity index (χ3n) is 0. The Labute approximate surface area is 120 Å². The Hall–Kier alpha value is 4.08. The van der Waals surface area contributed by atoms with Crippen LogP contribution in [0.1, 0.15) is 0 Å². The maximum absolute atomic E-state index is 0. The van der Waals surface area contributed by atoms with E-state index in [0.29, 0.717) is 0 Å². The molecule has 0 rings (SSSR count). The van der Waals surface area contributed by atoms with Gasteiger partial charge < -0.3 is 0 Å². The van der Waals surface area contributed by atoms with Gasteiger partial charge in [0, 0.05) is 123 Å². The molecule has 0 aromatic heterocycles. The van der Waals surface area contributed by atoms with Gasteiger partial charge in [-0.05, 0) is 0 Å². The van der Waals surface area contributed by atoms with E-state index in [1.807, 2.05) is 0 Å². The van der Waals surface area contributed by atoms with Gasteiger partial charge in [0.15, 0.2) is 0 Å². The van der Waals surface area contributed by atoms with E-state index < -0.39 is 0 Å². The van der Waals surface area contributed by atoms with Crippen molar-refractivity contribution >= 4 is 0 Å². The normalized spacial score (nSPS) is 0. The molecule has 0 aliphatic rings. The van der Waals surface area contributed by atoms with Crippen LogP contribution in [0.3, 0.4) is 0 Å². The summed E-state index contributed by atoms with van der Waals surface area (Å²) in [6, 6.07) is 0. The van der Waals surface area contributed by atoms with Crippen LogP contribution < -0.4 is 0 Å². The Balaban J connectivity index is 0. The molecular weight excluding hydrogens is 475 g/mol. The van der Waals surface area contributed by atoms with E-state index in [2.05, 4.69) is 0 Å². The van der Waals surface area contributed by atoms with Gasteiger partial charge in [-0.1, -0.05) is 0 Å². The first kappa shape index (κ1) is 24.3. The Bertz CT molecular complexity index is 3.25. The second-order valence-electron chi connectivity index (χ2n) is 0. The van der Waals surface area contributed by atoms with Crippen LogP contribution in [0, 0.1) is 107 Å². The van der Waals surface area contributed by atoms with Crippen molar-refractivity contribution in [2.45, 2.75) is 0 Å². The van der Waals surface area contributed by atoms with Crippen molar-refractivity contribution in [2.75, 3.05) is 0 Å². The van der Waals surface area contributed by atoms with Crippen molar-refractivity contribution < 1.29 is 123 Å². The van der Waals surface area contributed by atoms with Crippen molar-refractivity contribution in [3.05, 3.63) is 0 Å². The van der Waals surface area contributed by atoms with Gasteiger partial charge in [-0.3, -0.25) is 0 Å². The molecule has 0 unspecified atom stereocenters. The summed E-state index contributed by atoms with van der Waals surface area (Å²) >= 11 is 0. The first-order valence-electron chi connectivity index (χ1n) is 0. The van der Waals surface area contributed by atoms with E-state index in [0.717, 1.165) is 0 Å². The summed E-state index contributed by atoms with van der Waals surface area (Å²) in [4.78, 5) is 0. The summed E-state index contributed by atoms with van der Waals surface area (Å²) in [5.41, 5.74) is 0. The van der Waals surface area contributed by atoms with Gasteiger partial charge in [0.05, 0.1) is 0 Å². The summed E-state index contributed by atoms with van der Waals surface area (Å²) in [6.45, 7) is 0. The van der Waals surface area contributed by atoms with Gasteiger partial charge in [-0.15, -0.1) is 0 Å². The van der Waals surface area contributed by atoms with Gasteiger partial charge in [0.1, 0.15) is 0 Å². The Kier molecular flexibility index (Phi) is 95.7. The van der Waals surface area contributed by atoms with Crippen molar-refractivity contribution in [2.24, 2.45) is 0 Å². The van der Waals surface area contributed by atoms with Crippen LogP contribution in [0.4, 0.5) is 0 Å². The largest absolute Gasteiger partial charge is 0 e. The fourth-order valence-electron chi connectivity index (χ4n) is 0. The molecule has 0 fully saturated rings. The minimum atomic E-state index is 0. The molecule has 0 heterocycles. The zero-order chi connectivity index (χ0) is 0. The molecule has 0 N–H and O–H groups in total. The number of hydrogen-bond donors (Lipinski definition) is 0. The van der Waals surface area contributed by atoms with Gasteiger partial charge in [0.2, 0.25) is 0 Å². The monoisotopic (exact) mass is 475 g/mol. The van der Waals surface area contributed by atoms with Crippen LogP contribution in [0.5, 0.6) is 0 Å². The molecule has 0 bridgehead atoms. The predicted molar refractivity (Wildman–Crippen MR) is 0 cm³/mol. The molecule has 0 spiro atoms. The average Bonchev–Trinajstić information content (AvgIpc) is 0. The molecule has 19 valence electrons. The van der Waals surface area contributed by atoms with Crippen molar-refractivity contribution in [1.29, 1.82) is 0 Å². The van der Waals surface area contributed by atoms with Crippen LogP contribution in [0.25, 0.3) is 0 Å². The van der Waals surface area contributed by atoms with Crippen molar-refractivity contribution in [3.63, 3.8) is 0 Å². The van der Waals surface area contributed by atoms with Crippen LogP contribution in [0.15, 0.2) is 0 Å². The Morgan fingerprint density at radius 3 is 0.500 bits per heavy atom. The summed E-state index contributed by atoms with van der Waals surface area (Å²) in [6.07, 6.45) is 0. The molecule has 0 aliphatic carbocycles. The smallest absolute Gasteiger partial charge is 0 e. The molecule has 0 saturated heterocycles. The summed E-state index contributed by atoms with van der Waals surface area (Å²) < 4.78 is 0. The molecule has 4 heavy (non-hydrogen) atoms. The molecule has 0 amide bonds. The van der Waals surface area contributed by atoms with Gasteiger partial charge in [-0.25, -0.2) is 0 Å². The van der Waals surface area contributed by atoms with E-state index >= 15 is 0 Å². The average molecular weight is 475 g/mol. The fourth-order valence-corrected chi connectivity index (χ4v) is 0. The van der Waals surface area contributed by atoms with Crippen LogP contribution in [-0.4, -0.2) is 0 Å². The Morgan fingerprint density at radius 2 is 0.500 bits per heavy atom. The van der Waals surface area contributed by atoms with E-state index in [-0.39, 0.29) is 123 Å². The quantitative estimate of drug-likeness (QED) is 0.433. The standard InChI is InChI=1S/3La.Ni. The topological polar surface area (TPSA) is 0 Å². The van der Waals surface area contributed by atoms with E-state index in [9.17, 15) is 0 Å². The first-order valence-corrected chi connectivity index (χ1v) is 0. The van der Waals surface area contributed by atoms with Crippen LogP contribution >= 0.6 is 0 Å². The SMILES string of the molecule is [La].[La].[La].[Ni]. The summed E-state index contributed by atoms with van der Waals surface area (Å²) in [7, 11) is 0. The number of rotatable bonds is 0. The molecule has 4 heteroatoms. The fraction of sp³-hybridized carbons (Fsp3) is 0. The van der Waals surface area contributed by atoms with Gasteiger partial charge in [0.25, 0.3) is 0 Å². The minimum absolute atomic E-state index is 0. The molecule has 0 aliphatic heterocycles. The molecule has 0 aromatic carbocycles. The van der Waals surface area contributed by atoms with Crippen LogP contribution in [-0.2, 0) is 16.5 Å². The summed E-state index contributed by atoms with van der Waals surface area (Å²) in [5.74, 6) is 0. The maximum Gasteiger partial charge on any atom is 0 e. The van der Waals surface area contributed by atoms with Gasteiger partial charge >= 0.3 is 0 Å². The Morgan fingerprint density at radius 1 is 0.500 bits per heavy atom. The third kappa shape index (κ3) is 9.42. The number of hydrogen-bond acceptors (Lipinski definition) is 0. The third-order valence-corrected chi connectivity index (χ3v) is 0. The molecule has 0 saturated carbocycles. The van der Waals surface area contributed by atoms with E-state index in [1.165, 1.54) is 0 Å². The molecule has 0 atom stereocenters. The minimum Gasteiger partial charge on any atom is 0 e. The van der Waals surface area contributed by atoms with E-state index in [4.69, 9.17) is 0 Å². The maximum atomic E-state index is 0.